The lowest BCUT2D eigenvalue weighted by Gasteiger charge is -2.17. The molecule has 0 unspecified atom stereocenters. The van der Waals surface area contributed by atoms with Crippen molar-refractivity contribution in [3.05, 3.63) is 29.8 Å². The highest BCUT2D eigenvalue weighted by molar-refractivity contribution is 9.09. The van der Waals surface area contributed by atoms with E-state index in [9.17, 15) is 4.79 Å². The van der Waals surface area contributed by atoms with E-state index in [1.54, 1.807) is 25.2 Å². The molecule has 78 valence electrons. The summed E-state index contributed by atoms with van der Waals surface area (Å²) in [4.78, 5) is 13.1. The Morgan fingerprint density at radius 2 is 2.20 bits per heavy atom. The molecule has 15 heavy (non-hydrogen) atoms. The number of halogens is 1. The minimum Gasteiger partial charge on any atom is -0.314 e. The van der Waals surface area contributed by atoms with Gasteiger partial charge in [-0.2, -0.15) is 5.26 Å². The molecule has 0 saturated carbocycles. The highest BCUT2D eigenvalue weighted by Gasteiger charge is 2.12. The van der Waals surface area contributed by atoms with E-state index in [0.717, 1.165) is 0 Å². The number of nitriles is 1. The zero-order valence-corrected chi connectivity index (χ0v) is 9.99. The molecule has 1 aromatic rings. The van der Waals surface area contributed by atoms with Gasteiger partial charge < -0.3 is 4.90 Å². The summed E-state index contributed by atoms with van der Waals surface area (Å²) in [6.07, 6.45) is 0.427. The van der Waals surface area contributed by atoms with Gasteiger partial charge in [-0.3, -0.25) is 4.79 Å². The Balaban J connectivity index is 2.96. The number of hydrogen-bond acceptors (Lipinski definition) is 2. The number of para-hydroxylation sites is 1. The molecule has 0 N–H and O–H groups in total. The van der Waals surface area contributed by atoms with Crippen molar-refractivity contribution in [2.45, 2.75) is 6.42 Å². The van der Waals surface area contributed by atoms with Crippen LogP contribution in [0.25, 0.3) is 0 Å². The molecule has 4 heteroatoms. The molecule has 0 atom stereocenters. The van der Waals surface area contributed by atoms with E-state index in [2.05, 4.69) is 22.0 Å². The first-order valence-corrected chi connectivity index (χ1v) is 5.64. The first kappa shape index (κ1) is 11.7. The highest BCUT2D eigenvalue weighted by atomic mass is 79.9. The monoisotopic (exact) mass is 266 g/mol. The summed E-state index contributed by atoms with van der Waals surface area (Å²) >= 11 is 3.21. The van der Waals surface area contributed by atoms with Crippen molar-refractivity contribution >= 4 is 27.5 Å². The van der Waals surface area contributed by atoms with Gasteiger partial charge in [0.15, 0.2) is 0 Å². The zero-order valence-electron chi connectivity index (χ0n) is 8.40. The van der Waals surface area contributed by atoms with Crippen LogP contribution in [-0.4, -0.2) is 18.3 Å². The quantitative estimate of drug-likeness (QED) is 0.789. The van der Waals surface area contributed by atoms with E-state index in [1.165, 1.54) is 4.90 Å². The third-order valence-corrected chi connectivity index (χ3v) is 2.46. The fourth-order valence-corrected chi connectivity index (χ4v) is 1.58. The Morgan fingerprint density at radius 3 is 2.80 bits per heavy atom. The summed E-state index contributed by atoms with van der Waals surface area (Å²) in [7, 11) is 1.68. The molecule has 1 amide bonds. The number of hydrogen-bond donors (Lipinski definition) is 0. The third-order valence-electron chi connectivity index (χ3n) is 2.07. The Kier molecular flexibility index (Phi) is 4.32. The van der Waals surface area contributed by atoms with Crippen LogP contribution in [0.3, 0.4) is 0 Å². The predicted octanol–water partition coefficient (Wildman–Crippen LogP) is 2.31. The topological polar surface area (TPSA) is 44.1 Å². The Bertz CT molecular complexity index is 398. The molecule has 1 rings (SSSR count). The lowest BCUT2D eigenvalue weighted by atomic mass is 10.2. The van der Waals surface area contributed by atoms with Gasteiger partial charge in [-0.1, -0.05) is 28.1 Å². The first-order chi connectivity index (χ1) is 7.20. The van der Waals surface area contributed by atoms with E-state index in [1.807, 2.05) is 6.07 Å². The lowest BCUT2D eigenvalue weighted by Crippen LogP contribution is -2.26. The van der Waals surface area contributed by atoms with E-state index in [-0.39, 0.29) is 5.91 Å². The molecule has 0 radical (unpaired) electrons. The molecule has 3 nitrogen and oxygen atoms in total. The fraction of sp³-hybridized carbons (Fsp3) is 0.273. The number of benzene rings is 1. The summed E-state index contributed by atoms with van der Waals surface area (Å²) in [6.45, 7) is 0. The molecule has 0 aromatic heterocycles. The smallest absolute Gasteiger partial charge is 0.227 e. The summed E-state index contributed by atoms with van der Waals surface area (Å²) in [5.74, 6) is -0.00502. The molecule has 0 aliphatic carbocycles. The van der Waals surface area contributed by atoms with E-state index in [4.69, 9.17) is 5.26 Å². The van der Waals surface area contributed by atoms with Crippen LogP contribution in [0.2, 0.25) is 0 Å². The van der Waals surface area contributed by atoms with Crippen LogP contribution in [0.15, 0.2) is 24.3 Å². The van der Waals surface area contributed by atoms with Crippen LogP contribution in [0, 0.1) is 11.3 Å². The van der Waals surface area contributed by atoms with Crippen molar-refractivity contribution in [2.75, 3.05) is 17.3 Å². The van der Waals surface area contributed by atoms with Crippen LogP contribution >= 0.6 is 15.9 Å². The average Bonchev–Trinajstić information content (AvgIpc) is 2.28. The predicted molar refractivity (Wildman–Crippen MR) is 63.0 cm³/mol. The SMILES string of the molecule is CN(C(=O)CCBr)c1ccccc1C#N. The van der Waals surface area contributed by atoms with Crippen LogP contribution < -0.4 is 4.90 Å². The zero-order chi connectivity index (χ0) is 11.3. The number of rotatable bonds is 3. The Morgan fingerprint density at radius 1 is 1.53 bits per heavy atom. The van der Waals surface area contributed by atoms with Crippen LogP contribution in [-0.2, 0) is 4.79 Å². The van der Waals surface area contributed by atoms with Crippen LogP contribution in [0.1, 0.15) is 12.0 Å². The van der Waals surface area contributed by atoms with E-state index < -0.39 is 0 Å². The van der Waals surface area contributed by atoms with Crippen molar-refractivity contribution in [3.63, 3.8) is 0 Å². The van der Waals surface area contributed by atoms with Crippen molar-refractivity contribution in [3.8, 4) is 6.07 Å². The molecule has 0 aliphatic heterocycles. The number of carbonyl (C=O) groups is 1. The molecular formula is C11H11BrN2O. The van der Waals surface area contributed by atoms with Gasteiger partial charge in [0.25, 0.3) is 0 Å². The lowest BCUT2D eigenvalue weighted by molar-refractivity contribution is -0.117. The van der Waals surface area contributed by atoms with Crippen molar-refractivity contribution in [1.82, 2.24) is 0 Å². The second-order valence-electron chi connectivity index (χ2n) is 3.02. The Hall–Kier alpha value is -1.34. The molecule has 0 heterocycles. The maximum absolute atomic E-state index is 11.6. The van der Waals surface area contributed by atoms with Crippen LogP contribution in [0.4, 0.5) is 5.69 Å². The second-order valence-corrected chi connectivity index (χ2v) is 3.81. The van der Waals surface area contributed by atoms with Crippen molar-refractivity contribution in [2.24, 2.45) is 0 Å². The second kappa shape index (κ2) is 5.52. The third kappa shape index (κ3) is 2.80. The summed E-state index contributed by atoms with van der Waals surface area (Å²) < 4.78 is 0. The van der Waals surface area contributed by atoms with Gasteiger partial charge in [-0.25, -0.2) is 0 Å². The fourth-order valence-electron chi connectivity index (χ4n) is 1.24. The van der Waals surface area contributed by atoms with E-state index in [0.29, 0.717) is 23.0 Å². The van der Waals surface area contributed by atoms with E-state index >= 15 is 0 Å². The summed E-state index contributed by atoms with van der Waals surface area (Å²) in [5.41, 5.74) is 1.17. The normalized spacial score (nSPS) is 9.40. The largest absolute Gasteiger partial charge is 0.314 e. The number of anilines is 1. The molecule has 0 aliphatic rings. The molecule has 0 bridgehead atoms. The number of alkyl halides is 1. The molecular weight excluding hydrogens is 256 g/mol. The number of nitrogens with zero attached hydrogens (tertiary/aromatic N) is 2. The first-order valence-electron chi connectivity index (χ1n) is 4.52. The minimum atomic E-state index is -0.00502. The van der Waals surface area contributed by atoms with Gasteiger partial charge in [0, 0.05) is 18.8 Å². The standard InChI is InChI=1S/C11H11BrN2O/c1-14(11(15)6-7-12)10-5-3-2-4-9(10)8-13/h2-5H,6-7H2,1H3. The Labute approximate surface area is 97.4 Å². The van der Waals surface area contributed by atoms with Gasteiger partial charge in [-0.15, -0.1) is 0 Å². The molecule has 0 fully saturated rings. The van der Waals surface area contributed by atoms with Gasteiger partial charge >= 0.3 is 0 Å². The maximum Gasteiger partial charge on any atom is 0.227 e. The summed E-state index contributed by atoms with van der Waals surface area (Å²) in [6, 6.07) is 9.13. The molecule has 0 spiro atoms. The minimum absolute atomic E-state index is 0.00502. The maximum atomic E-state index is 11.6. The van der Waals surface area contributed by atoms with Gasteiger partial charge in [0.1, 0.15) is 6.07 Å². The summed E-state index contributed by atoms with van der Waals surface area (Å²) in [5, 5.41) is 9.51. The van der Waals surface area contributed by atoms with Crippen molar-refractivity contribution < 1.29 is 4.79 Å². The number of amides is 1. The van der Waals surface area contributed by atoms with Gasteiger partial charge in [0.2, 0.25) is 5.91 Å². The van der Waals surface area contributed by atoms with Gasteiger partial charge in [0.05, 0.1) is 11.3 Å². The van der Waals surface area contributed by atoms with Crippen molar-refractivity contribution in [1.29, 1.82) is 5.26 Å². The highest BCUT2D eigenvalue weighted by Crippen LogP contribution is 2.18. The number of carbonyl (C=O) groups excluding carboxylic acids is 1. The molecule has 1 aromatic carbocycles. The average molecular weight is 267 g/mol. The molecule has 0 saturated heterocycles. The van der Waals surface area contributed by atoms with Crippen LogP contribution in [0.5, 0.6) is 0 Å². The van der Waals surface area contributed by atoms with Gasteiger partial charge in [-0.05, 0) is 12.1 Å².